The number of rotatable bonds is 3. The predicted molar refractivity (Wildman–Crippen MR) is 67.6 cm³/mol. The second kappa shape index (κ2) is 5.83. The van der Waals surface area contributed by atoms with Gasteiger partial charge in [0.25, 0.3) is 0 Å². The largest absolute Gasteiger partial charge is 0.342 e. The van der Waals surface area contributed by atoms with Crippen LogP contribution in [0.5, 0.6) is 0 Å². The molecule has 0 aromatic carbocycles. The summed E-state index contributed by atoms with van der Waals surface area (Å²) in [4.78, 5) is 15.1. The van der Waals surface area contributed by atoms with Gasteiger partial charge in [0.1, 0.15) is 5.92 Å². The Morgan fingerprint density at radius 2 is 2.24 bits per heavy atom. The first-order valence-electron chi connectivity index (χ1n) is 6.02. The maximum atomic E-state index is 12.2. The van der Waals surface area contributed by atoms with Gasteiger partial charge in [-0.15, -0.1) is 11.3 Å². The van der Waals surface area contributed by atoms with Crippen LogP contribution in [0.25, 0.3) is 0 Å². The van der Waals surface area contributed by atoms with Crippen molar-refractivity contribution in [2.24, 2.45) is 5.92 Å². The molecule has 90 valence electrons. The molecule has 0 bridgehead atoms. The molecule has 1 aliphatic rings. The van der Waals surface area contributed by atoms with Gasteiger partial charge in [-0.05, 0) is 30.7 Å². The lowest BCUT2D eigenvalue weighted by atomic mass is 10.0. The average Bonchev–Trinajstić information content (AvgIpc) is 2.89. The zero-order chi connectivity index (χ0) is 12.1. The summed E-state index contributed by atoms with van der Waals surface area (Å²) in [6, 6.07) is 6.10. The second-order valence-corrected chi connectivity index (χ2v) is 5.38. The van der Waals surface area contributed by atoms with Crippen molar-refractivity contribution in [1.29, 1.82) is 5.26 Å². The van der Waals surface area contributed by atoms with Gasteiger partial charge in [0.05, 0.1) is 6.07 Å². The normalized spacial score (nSPS) is 17.5. The van der Waals surface area contributed by atoms with Crippen LogP contribution in [0.15, 0.2) is 17.5 Å². The molecule has 1 aromatic heterocycles. The Labute approximate surface area is 106 Å². The molecule has 0 aliphatic carbocycles. The Hall–Kier alpha value is -1.34. The Balaban J connectivity index is 1.97. The number of hydrogen-bond donors (Lipinski definition) is 0. The fourth-order valence-electron chi connectivity index (χ4n) is 2.15. The Morgan fingerprint density at radius 3 is 2.82 bits per heavy atom. The van der Waals surface area contributed by atoms with E-state index >= 15 is 0 Å². The number of carbonyl (C=O) groups excluding carboxylic acids is 1. The van der Waals surface area contributed by atoms with Crippen molar-refractivity contribution in [1.82, 2.24) is 4.90 Å². The zero-order valence-electron chi connectivity index (χ0n) is 9.76. The summed E-state index contributed by atoms with van der Waals surface area (Å²) in [5, 5.41) is 11.1. The molecule has 4 heteroatoms. The number of hydrogen-bond acceptors (Lipinski definition) is 3. The van der Waals surface area contributed by atoms with Crippen LogP contribution in [0, 0.1) is 17.2 Å². The monoisotopic (exact) mass is 248 g/mol. The second-order valence-electron chi connectivity index (χ2n) is 4.35. The first-order valence-corrected chi connectivity index (χ1v) is 6.90. The molecule has 0 saturated carbocycles. The van der Waals surface area contributed by atoms with E-state index in [0.29, 0.717) is 6.42 Å². The molecule has 17 heavy (non-hydrogen) atoms. The lowest BCUT2D eigenvalue weighted by Gasteiger charge is -2.28. The molecule has 1 atom stereocenters. The van der Waals surface area contributed by atoms with Crippen LogP contribution >= 0.6 is 11.3 Å². The molecule has 0 spiro atoms. The Kier molecular flexibility index (Phi) is 4.16. The van der Waals surface area contributed by atoms with Crippen molar-refractivity contribution in [3.05, 3.63) is 22.4 Å². The van der Waals surface area contributed by atoms with Gasteiger partial charge in [0.15, 0.2) is 0 Å². The van der Waals surface area contributed by atoms with Gasteiger partial charge >= 0.3 is 0 Å². The van der Waals surface area contributed by atoms with Crippen LogP contribution in [-0.2, 0) is 11.2 Å². The third kappa shape index (κ3) is 3.07. The van der Waals surface area contributed by atoms with Crippen LogP contribution in [-0.4, -0.2) is 23.9 Å². The number of nitriles is 1. The predicted octanol–water partition coefficient (Wildman–Crippen LogP) is 2.44. The van der Waals surface area contributed by atoms with E-state index in [0.717, 1.165) is 30.8 Å². The molecule has 1 fully saturated rings. The van der Waals surface area contributed by atoms with Crippen molar-refractivity contribution in [2.45, 2.75) is 25.7 Å². The van der Waals surface area contributed by atoms with Crippen molar-refractivity contribution >= 4 is 17.2 Å². The van der Waals surface area contributed by atoms with Crippen LogP contribution in [0.4, 0.5) is 0 Å². The summed E-state index contributed by atoms with van der Waals surface area (Å²) in [5.41, 5.74) is 0. The number of piperidine rings is 1. The van der Waals surface area contributed by atoms with Gasteiger partial charge < -0.3 is 4.90 Å². The topological polar surface area (TPSA) is 44.1 Å². The highest BCUT2D eigenvalue weighted by atomic mass is 32.1. The van der Waals surface area contributed by atoms with Crippen LogP contribution in [0.1, 0.15) is 24.1 Å². The molecule has 0 radical (unpaired) electrons. The standard InChI is InChI=1S/C13H16N2OS/c14-10-11(9-12-5-4-8-17-12)13(16)15-6-2-1-3-7-15/h4-5,8,11H,1-3,6-7,9H2. The van der Waals surface area contributed by atoms with Crippen LogP contribution in [0.2, 0.25) is 0 Å². The molecular formula is C13H16N2OS. The molecule has 1 unspecified atom stereocenters. The third-order valence-corrected chi connectivity index (χ3v) is 4.01. The molecule has 2 heterocycles. The highest BCUT2D eigenvalue weighted by Crippen LogP contribution is 2.18. The van der Waals surface area contributed by atoms with Crippen molar-refractivity contribution in [2.75, 3.05) is 13.1 Å². The maximum Gasteiger partial charge on any atom is 0.240 e. The maximum absolute atomic E-state index is 12.2. The summed E-state index contributed by atoms with van der Waals surface area (Å²) >= 11 is 1.61. The van der Waals surface area contributed by atoms with Crippen LogP contribution in [0.3, 0.4) is 0 Å². The van der Waals surface area contributed by atoms with E-state index in [-0.39, 0.29) is 5.91 Å². The third-order valence-electron chi connectivity index (χ3n) is 3.11. The highest BCUT2D eigenvalue weighted by Gasteiger charge is 2.25. The fourth-order valence-corrected chi connectivity index (χ4v) is 2.90. The van der Waals surface area contributed by atoms with E-state index < -0.39 is 5.92 Å². The molecule has 1 saturated heterocycles. The number of thiophene rings is 1. The minimum Gasteiger partial charge on any atom is -0.342 e. The smallest absolute Gasteiger partial charge is 0.240 e. The molecule has 3 nitrogen and oxygen atoms in total. The first kappa shape index (κ1) is 12.1. The zero-order valence-corrected chi connectivity index (χ0v) is 10.6. The molecule has 2 rings (SSSR count). The van der Waals surface area contributed by atoms with E-state index in [2.05, 4.69) is 6.07 Å². The van der Waals surface area contributed by atoms with Crippen molar-refractivity contribution < 1.29 is 4.79 Å². The molecule has 1 aromatic rings. The molecule has 1 amide bonds. The quantitative estimate of drug-likeness (QED) is 0.824. The van der Waals surface area contributed by atoms with Crippen molar-refractivity contribution in [3.63, 3.8) is 0 Å². The molecular weight excluding hydrogens is 232 g/mol. The fraction of sp³-hybridized carbons (Fsp3) is 0.538. The van der Waals surface area contributed by atoms with E-state index in [4.69, 9.17) is 5.26 Å². The lowest BCUT2D eigenvalue weighted by Crippen LogP contribution is -2.39. The number of nitrogens with zero attached hydrogens (tertiary/aromatic N) is 2. The summed E-state index contributed by atoms with van der Waals surface area (Å²) in [7, 11) is 0. The lowest BCUT2D eigenvalue weighted by molar-refractivity contribution is -0.134. The van der Waals surface area contributed by atoms with E-state index in [1.165, 1.54) is 6.42 Å². The molecule has 0 N–H and O–H groups in total. The summed E-state index contributed by atoms with van der Waals surface area (Å²) in [6.45, 7) is 1.64. The first-order chi connectivity index (χ1) is 8.31. The summed E-state index contributed by atoms with van der Waals surface area (Å²) in [6.07, 6.45) is 3.90. The van der Waals surface area contributed by atoms with Gasteiger partial charge in [0, 0.05) is 24.4 Å². The molecule has 1 aliphatic heterocycles. The average molecular weight is 248 g/mol. The Bertz CT molecular complexity index is 402. The van der Waals surface area contributed by atoms with Crippen molar-refractivity contribution in [3.8, 4) is 6.07 Å². The van der Waals surface area contributed by atoms with Gasteiger partial charge in [-0.1, -0.05) is 6.07 Å². The van der Waals surface area contributed by atoms with Gasteiger partial charge in [-0.3, -0.25) is 4.79 Å². The van der Waals surface area contributed by atoms with Crippen LogP contribution < -0.4 is 0 Å². The van der Waals surface area contributed by atoms with E-state index in [1.54, 1.807) is 11.3 Å². The minimum atomic E-state index is -0.508. The van der Waals surface area contributed by atoms with Gasteiger partial charge in [0.2, 0.25) is 5.91 Å². The summed E-state index contributed by atoms with van der Waals surface area (Å²) in [5.74, 6) is -0.493. The minimum absolute atomic E-state index is 0.0144. The Morgan fingerprint density at radius 1 is 1.47 bits per heavy atom. The van der Waals surface area contributed by atoms with Gasteiger partial charge in [-0.25, -0.2) is 0 Å². The van der Waals surface area contributed by atoms with E-state index in [9.17, 15) is 4.79 Å². The number of amides is 1. The summed E-state index contributed by atoms with van der Waals surface area (Å²) < 4.78 is 0. The van der Waals surface area contributed by atoms with E-state index in [1.807, 2.05) is 22.4 Å². The number of carbonyl (C=O) groups is 1. The SMILES string of the molecule is N#CC(Cc1cccs1)C(=O)N1CCCCC1. The number of likely N-dealkylation sites (tertiary alicyclic amines) is 1. The van der Waals surface area contributed by atoms with Gasteiger partial charge in [-0.2, -0.15) is 5.26 Å². The highest BCUT2D eigenvalue weighted by molar-refractivity contribution is 7.09.